The van der Waals surface area contributed by atoms with Crippen LogP contribution in [-0.2, 0) is 59.5 Å². The van der Waals surface area contributed by atoms with Crippen LogP contribution in [0.4, 0.5) is 9.59 Å². The fourth-order valence-electron chi connectivity index (χ4n) is 5.29. The van der Waals surface area contributed by atoms with Crippen molar-refractivity contribution < 1.29 is 48.1 Å². The fraction of sp³-hybridized carbons (Fsp3) is 0.262. The Hall–Kier alpha value is -6.68. The molecule has 16 heteroatoms. The molecular formula is C42H45N5O10S. The maximum Gasteiger partial charge on any atom is 0.408 e. The normalized spacial score (nSPS) is 12.6. The van der Waals surface area contributed by atoms with Crippen LogP contribution in [-0.4, -0.2) is 82.6 Å². The monoisotopic (exact) mass is 811 g/mol. The van der Waals surface area contributed by atoms with Crippen molar-refractivity contribution in [1.29, 1.82) is 0 Å². The van der Waals surface area contributed by atoms with Crippen LogP contribution in [0.25, 0.3) is 0 Å². The summed E-state index contributed by atoms with van der Waals surface area (Å²) in [7, 11) is 0. The number of carbonyl (C=O) groups excluding carboxylic acids is 6. The molecule has 0 fully saturated rings. The van der Waals surface area contributed by atoms with E-state index in [9.17, 15) is 38.7 Å². The van der Waals surface area contributed by atoms with Crippen molar-refractivity contribution in [3.63, 3.8) is 0 Å². The second-order valence-corrected chi connectivity index (χ2v) is 14.0. The van der Waals surface area contributed by atoms with Crippen LogP contribution in [0.1, 0.15) is 29.2 Å². The van der Waals surface area contributed by atoms with Crippen molar-refractivity contribution in [2.24, 2.45) is 0 Å². The molecule has 4 aromatic rings. The van der Waals surface area contributed by atoms with Crippen molar-refractivity contribution in [3.05, 3.63) is 144 Å². The molecule has 4 aromatic carbocycles. The first-order valence-electron chi connectivity index (χ1n) is 18.3. The van der Waals surface area contributed by atoms with Gasteiger partial charge in [-0.15, -0.1) is 0 Å². The second kappa shape index (κ2) is 23.4. The number of carboxylic acid groups (broad SMARTS) is 1. The summed E-state index contributed by atoms with van der Waals surface area (Å²) in [5, 5.41) is 21.6. The molecule has 0 aromatic heterocycles. The number of thioether (sulfide) groups is 1. The van der Waals surface area contributed by atoms with Gasteiger partial charge in [-0.25, -0.2) is 14.4 Å². The number of ether oxygens (including phenoxy) is 2. The standard InChI is InChI=1S/C42H45N5O10S/c1-28(44-41(54)56-25-31-18-10-4-11-19-31)37(49)46-34(23-30-16-8-3-9-17-30)40(53)58-27-35(39(51)52)45-36(48)24-43-38(50)33(22-29-14-6-2-7-15-29)47-42(55)57-26-32-20-12-5-13-21-32/h2-21,28,33-35H,22-27H2,1H3,(H,43,50)(H,44,54)(H,45,48)(H,46,49)(H,47,55)(H,51,52)/t28-,33-,34-,35-/m0/s1. The molecular weight excluding hydrogens is 767 g/mol. The molecule has 15 nitrogen and oxygen atoms in total. The number of carbonyl (C=O) groups is 7. The van der Waals surface area contributed by atoms with Crippen LogP contribution < -0.4 is 26.6 Å². The third-order valence-electron chi connectivity index (χ3n) is 8.38. The lowest BCUT2D eigenvalue weighted by molar-refractivity contribution is -0.141. The molecule has 0 bridgehead atoms. The average Bonchev–Trinajstić information content (AvgIpc) is 3.23. The zero-order valence-electron chi connectivity index (χ0n) is 31.6. The molecule has 0 radical (unpaired) electrons. The fourth-order valence-corrected chi connectivity index (χ4v) is 6.19. The van der Waals surface area contributed by atoms with E-state index in [2.05, 4.69) is 26.6 Å². The Morgan fingerprint density at radius 3 is 1.48 bits per heavy atom. The van der Waals surface area contributed by atoms with Gasteiger partial charge in [0.05, 0.1) is 6.54 Å². The highest BCUT2D eigenvalue weighted by Crippen LogP contribution is 2.14. The number of benzene rings is 4. The van der Waals surface area contributed by atoms with Crippen LogP contribution in [0.5, 0.6) is 0 Å². The zero-order valence-corrected chi connectivity index (χ0v) is 32.4. The number of hydrogen-bond donors (Lipinski definition) is 6. The second-order valence-electron chi connectivity index (χ2n) is 12.9. The van der Waals surface area contributed by atoms with Gasteiger partial charge in [0.2, 0.25) is 22.8 Å². The summed E-state index contributed by atoms with van der Waals surface area (Å²) in [6.07, 6.45) is -1.57. The molecule has 304 valence electrons. The highest BCUT2D eigenvalue weighted by Gasteiger charge is 2.29. The summed E-state index contributed by atoms with van der Waals surface area (Å²) in [4.78, 5) is 89.8. The first-order valence-corrected chi connectivity index (χ1v) is 19.2. The topological polar surface area (TPSA) is 218 Å². The molecule has 4 rings (SSSR count). The minimum atomic E-state index is -1.56. The van der Waals surface area contributed by atoms with Gasteiger partial charge in [-0.05, 0) is 29.2 Å². The quantitative estimate of drug-likeness (QED) is 0.0759. The third-order valence-corrected chi connectivity index (χ3v) is 9.45. The molecule has 5 amide bonds. The number of carboxylic acids is 1. The highest BCUT2D eigenvalue weighted by atomic mass is 32.2. The van der Waals surface area contributed by atoms with Crippen LogP contribution in [0.3, 0.4) is 0 Å². The van der Waals surface area contributed by atoms with Gasteiger partial charge < -0.3 is 41.2 Å². The van der Waals surface area contributed by atoms with Gasteiger partial charge >= 0.3 is 18.2 Å². The summed E-state index contributed by atoms with van der Waals surface area (Å²) in [5.41, 5.74) is 2.91. The van der Waals surface area contributed by atoms with Gasteiger partial charge in [0, 0.05) is 18.6 Å². The van der Waals surface area contributed by atoms with Gasteiger partial charge in [-0.2, -0.15) is 0 Å². The van der Waals surface area contributed by atoms with E-state index in [0.29, 0.717) is 17.3 Å². The van der Waals surface area contributed by atoms with Crippen molar-refractivity contribution in [1.82, 2.24) is 26.6 Å². The van der Waals surface area contributed by atoms with Crippen LogP contribution >= 0.6 is 11.8 Å². The summed E-state index contributed by atoms with van der Waals surface area (Å²) < 4.78 is 10.5. The molecule has 0 aliphatic rings. The van der Waals surface area contributed by atoms with Gasteiger partial charge in [-0.3, -0.25) is 19.2 Å². The van der Waals surface area contributed by atoms with Crippen molar-refractivity contribution in [2.75, 3.05) is 12.3 Å². The average molecular weight is 812 g/mol. The maximum atomic E-state index is 13.5. The molecule has 4 atom stereocenters. The maximum absolute atomic E-state index is 13.5. The van der Waals surface area contributed by atoms with E-state index in [1.165, 1.54) is 6.92 Å². The van der Waals surface area contributed by atoms with Crippen molar-refractivity contribution >= 4 is 52.8 Å². The predicted molar refractivity (Wildman–Crippen MR) is 215 cm³/mol. The molecule has 58 heavy (non-hydrogen) atoms. The highest BCUT2D eigenvalue weighted by molar-refractivity contribution is 8.13. The number of aliphatic carboxylic acids is 1. The Bertz CT molecular complexity index is 1970. The molecule has 0 aliphatic heterocycles. The number of nitrogens with one attached hydrogen (secondary N) is 5. The molecule has 0 saturated carbocycles. The molecule has 0 aliphatic carbocycles. The molecule has 0 heterocycles. The van der Waals surface area contributed by atoms with Crippen LogP contribution in [0, 0.1) is 0 Å². The van der Waals surface area contributed by atoms with E-state index in [0.717, 1.165) is 16.7 Å². The first kappa shape index (κ1) is 44.0. The number of amides is 5. The summed E-state index contributed by atoms with van der Waals surface area (Å²) in [6.45, 7) is 0.729. The van der Waals surface area contributed by atoms with Gasteiger partial charge in [0.25, 0.3) is 0 Å². The third kappa shape index (κ3) is 15.8. The van der Waals surface area contributed by atoms with Gasteiger partial charge in [-0.1, -0.05) is 133 Å². The SMILES string of the molecule is C[C@H](NC(=O)OCc1ccccc1)C(=O)N[C@@H](Cc1ccccc1)C(=O)SC[C@H](NC(=O)CNC(=O)[C@H](Cc1ccccc1)NC(=O)OCc1ccccc1)C(=O)O. The zero-order chi connectivity index (χ0) is 41.7. The lowest BCUT2D eigenvalue weighted by Gasteiger charge is -2.22. The van der Waals surface area contributed by atoms with Crippen molar-refractivity contribution in [3.8, 4) is 0 Å². The Morgan fingerprint density at radius 1 is 0.552 bits per heavy atom. The Labute approximate surface area is 339 Å². The lowest BCUT2D eigenvalue weighted by Crippen LogP contribution is -2.52. The van der Waals surface area contributed by atoms with E-state index in [-0.39, 0.29) is 26.1 Å². The number of rotatable bonds is 20. The minimum Gasteiger partial charge on any atom is -0.480 e. The summed E-state index contributed by atoms with van der Waals surface area (Å²) >= 11 is 0.586. The predicted octanol–water partition coefficient (Wildman–Crippen LogP) is 3.51. The molecule has 0 spiro atoms. The van der Waals surface area contributed by atoms with E-state index in [1.54, 1.807) is 109 Å². The minimum absolute atomic E-state index is 0.0155. The van der Waals surface area contributed by atoms with E-state index < -0.39 is 77.5 Å². The van der Waals surface area contributed by atoms with Gasteiger partial charge in [0.15, 0.2) is 0 Å². The smallest absolute Gasteiger partial charge is 0.408 e. The Kier molecular flexibility index (Phi) is 17.8. The summed E-state index contributed by atoms with van der Waals surface area (Å²) in [6, 6.07) is 30.6. The molecule has 6 N–H and O–H groups in total. The van der Waals surface area contributed by atoms with Crippen LogP contribution in [0.2, 0.25) is 0 Å². The first-order chi connectivity index (χ1) is 28.0. The van der Waals surface area contributed by atoms with E-state index in [1.807, 2.05) is 12.1 Å². The summed E-state index contributed by atoms with van der Waals surface area (Å²) in [5.74, 6) is -4.14. The Balaban J connectivity index is 1.31. The van der Waals surface area contributed by atoms with E-state index in [4.69, 9.17) is 9.47 Å². The number of hydrogen-bond acceptors (Lipinski definition) is 10. The van der Waals surface area contributed by atoms with Gasteiger partial charge in [0.1, 0.15) is 37.4 Å². The van der Waals surface area contributed by atoms with Crippen LogP contribution in [0.15, 0.2) is 121 Å². The van der Waals surface area contributed by atoms with E-state index >= 15 is 0 Å². The largest absolute Gasteiger partial charge is 0.480 e. The molecule has 0 unspecified atom stereocenters. The molecule has 0 saturated heterocycles. The number of alkyl carbamates (subject to hydrolysis) is 2. The Morgan fingerprint density at radius 2 is 1.00 bits per heavy atom. The van der Waals surface area contributed by atoms with Crippen molar-refractivity contribution in [2.45, 2.75) is 57.1 Å². The lowest BCUT2D eigenvalue weighted by atomic mass is 10.1.